The van der Waals surface area contributed by atoms with Crippen molar-refractivity contribution in [1.82, 2.24) is 31.5 Å². The monoisotopic (exact) mass is 436 g/mol. The third kappa shape index (κ3) is 5.76. The topological polar surface area (TPSA) is 107 Å². The van der Waals surface area contributed by atoms with Crippen LogP contribution in [0.15, 0.2) is 0 Å². The Bertz CT molecular complexity index is 614. The predicted octanol–water partition coefficient (Wildman–Crippen LogP) is -0.454. The molecule has 4 fully saturated rings. The molecule has 5 N–H and O–H groups in total. The van der Waals surface area contributed by atoms with Crippen molar-refractivity contribution in [2.75, 3.05) is 39.8 Å². The molecule has 5 unspecified atom stereocenters. The van der Waals surface area contributed by atoms with E-state index in [-0.39, 0.29) is 36.2 Å². The van der Waals surface area contributed by atoms with Gasteiger partial charge in [0, 0.05) is 45.3 Å². The van der Waals surface area contributed by atoms with Crippen LogP contribution in [0, 0.1) is 17.8 Å². The van der Waals surface area contributed by atoms with Gasteiger partial charge in [0.05, 0.1) is 24.6 Å². The summed E-state index contributed by atoms with van der Waals surface area (Å²) in [7, 11) is 1.70. The summed E-state index contributed by atoms with van der Waals surface area (Å²) >= 11 is 0. The average Bonchev–Trinajstić information content (AvgIpc) is 3.65. The van der Waals surface area contributed by atoms with Crippen molar-refractivity contribution in [3.8, 4) is 0 Å². The smallest absolute Gasteiger partial charge is 0.309 e. The Morgan fingerprint density at radius 1 is 1.03 bits per heavy atom. The number of carbonyl (C=O) groups excluding carboxylic acids is 2. The predicted molar refractivity (Wildman–Crippen MR) is 118 cm³/mol. The first-order valence-electron chi connectivity index (χ1n) is 12.2. The zero-order valence-corrected chi connectivity index (χ0v) is 19.0. The third-order valence-corrected chi connectivity index (χ3v) is 7.43. The van der Waals surface area contributed by atoms with Crippen molar-refractivity contribution in [1.29, 1.82) is 0 Å². The van der Waals surface area contributed by atoms with Gasteiger partial charge in [0.1, 0.15) is 6.29 Å². The van der Waals surface area contributed by atoms with Gasteiger partial charge in [0.25, 0.3) is 0 Å². The first-order chi connectivity index (χ1) is 15.1. The van der Waals surface area contributed by atoms with Crippen LogP contribution < -0.4 is 26.6 Å². The average molecular weight is 437 g/mol. The summed E-state index contributed by atoms with van der Waals surface area (Å²) in [4.78, 5) is 26.9. The molecule has 1 aliphatic carbocycles. The first-order valence-corrected chi connectivity index (χ1v) is 12.2. The van der Waals surface area contributed by atoms with Gasteiger partial charge < -0.3 is 15.4 Å². The van der Waals surface area contributed by atoms with Crippen LogP contribution in [0.25, 0.3) is 0 Å². The zero-order valence-electron chi connectivity index (χ0n) is 19.0. The highest BCUT2D eigenvalue weighted by molar-refractivity contribution is 5.79. The summed E-state index contributed by atoms with van der Waals surface area (Å²) < 4.78 is 5.19. The van der Waals surface area contributed by atoms with Crippen molar-refractivity contribution in [2.24, 2.45) is 17.8 Å². The van der Waals surface area contributed by atoms with E-state index in [1.54, 1.807) is 7.05 Å². The number of rotatable bonds is 7. The molecule has 4 rings (SSSR count). The summed E-state index contributed by atoms with van der Waals surface area (Å²) in [6.07, 6.45) is 6.64. The van der Waals surface area contributed by atoms with E-state index < -0.39 is 0 Å². The Hall–Kier alpha value is -1.26. The molecular formula is C22H40N6O3. The van der Waals surface area contributed by atoms with Crippen LogP contribution in [0.3, 0.4) is 0 Å². The summed E-state index contributed by atoms with van der Waals surface area (Å²) in [5.41, 5.74) is 0. The van der Waals surface area contributed by atoms with E-state index in [0.29, 0.717) is 25.2 Å². The van der Waals surface area contributed by atoms with Crippen molar-refractivity contribution in [2.45, 2.75) is 70.0 Å². The third-order valence-electron chi connectivity index (χ3n) is 7.43. The van der Waals surface area contributed by atoms with E-state index in [4.69, 9.17) is 4.74 Å². The fraction of sp³-hybridized carbons (Fsp3) is 0.909. The molecule has 9 nitrogen and oxygen atoms in total. The molecule has 5 atom stereocenters. The van der Waals surface area contributed by atoms with Crippen molar-refractivity contribution in [3.05, 3.63) is 0 Å². The number of amides is 1. The lowest BCUT2D eigenvalue weighted by Crippen LogP contribution is -2.72. The normalized spacial score (nSPS) is 35.5. The molecule has 4 aliphatic rings. The molecule has 0 bridgehead atoms. The summed E-state index contributed by atoms with van der Waals surface area (Å²) in [6.45, 7) is 5.54. The maximum Gasteiger partial charge on any atom is 0.309 e. The molecule has 0 spiro atoms. The minimum atomic E-state index is -0.167. The number of esters is 1. The molecule has 1 amide bonds. The number of hydrogen-bond acceptors (Lipinski definition) is 8. The molecule has 31 heavy (non-hydrogen) atoms. The number of hydrogen-bond donors (Lipinski definition) is 5. The minimum absolute atomic E-state index is 0.0000524. The highest BCUT2D eigenvalue weighted by Gasteiger charge is 2.40. The Morgan fingerprint density at radius 2 is 1.81 bits per heavy atom. The van der Waals surface area contributed by atoms with E-state index in [9.17, 15) is 9.59 Å². The Kier molecular flexibility index (Phi) is 7.81. The fourth-order valence-electron chi connectivity index (χ4n) is 5.36. The van der Waals surface area contributed by atoms with E-state index in [1.165, 1.54) is 19.3 Å². The number of nitrogens with zero attached hydrogens (tertiary/aromatic N) is 1. The number of nitrogens with one attached hydrogen (secondary N) is 5. The van der Waals surface area contributed by atoms with Crippen LogP contribution in [0.1, 0.15) is 45.4 Å². The SMILES string of the molecule is CCOC(=O)C1CCN(C2NCC(C(=O)NC)C(NC3CCC(C4CC4)NC3)N2)CC1. The number of ether oxygens (including phenoxy) is 1. The van der Waals surface area contributed by atoms with Crippen LogP contribution in [0.2, 0.25) is 0 Å². The van der Waals surface area contributed by atoms with E-state index in [0.717, 1.165) is 44.8 Å². The van der Waals surface area contributed by atoms with E-state index >= 15 is 0 Å². The molecule has 0 radical (unpaired) electrons. The summed E-state index contributed by atoms with van der Waals surface area (Å²) in [6, 6.07) is 1.05. The molecule has 0 aromatic carbocycles. The molecule has 1 saturated carbocycles. The molecule has 3 saturated heterocycles. The molecule has 9 heteroatoms. The standard InChI is InChI=1S/C22H40N6O3/c1-3-31-21(30)15-8-10-28(11-9-15)22-25-13-17(20(29)23-2)19(27-22)26-16-6-7-18(24-12-16)14-4-5-14/h14-19,22,24-27H,3-13H2,1-2H3,(H,23,29). The van der Waals surface area contributed by atoms with Crippen molar-refractivity contribution >= 4 is 11.9 Å². The molecule has 3 aliphatic heterocycles. The fourth-order valence-corrected chi connectivity index (χ4v) is 5.36. The van der Waals surface area contributed by atoms with Crippen molar-refractivity contribution in [3.63, 3.8) is 0 Å². The van der Waals surface area contributed by atoms with Crippen LogP contribution in [-0.4, -0.2) is 81.1 Å². The molecular weight excluding hydrogens is 396 g/mol. The van der Waals surface area contributed by atoms with Crippen molar-refractivity contribution < 1.29 is 14.3 Å². The van der Waals surface area contributed by atoms with Crippen LogP contribution in [-0.2, 0) is 14.3 Å². The number of carbonyl (C=O) groups is 2. The van der Waals surface area contributed by atoms with Gasteiger partial charge in [-0.1, -0.05) is 0 Å². The highest BCUT2D eigenvalue weighted by Crippen LogP contribution is 2.35. The van der Waals surface area contributed by atoms with Gasteiger partial charge in [-0.2, -0.15) is 0 Å². The van der Waals surface area contributed by atoms with Gasteiger partial charge in [0.2, 0.25) is 5.91 Å². The quantitative estimate of drug-likeness (QED) is 0.342. The Morgan fingerprint density at radius 3 is 2.42 bits per heavy atom. The second kappa shape index (κ2) is 10.6. The van der Waals surface area contributed by atoms with Crippen LogP contribution in [0.4, 0.5) is 0 Å². The maximum atomic E-state index is 12.5. The highest BCUT2D eigenvalue weighted by atomic mass is 16.5. The van der Waals surface area contributed by atoms with Gasteiger partial charge in [-0.05, 0) is 51.4 Å². The molecule has 0 aromatic heterocycles. The lowest BCUT2D eigenvalue weighted by atomic mass is 9.95. The Balaban J connectivity index is 1.31. The lowest BCUT2D eigenvalue weighted by Gasteiger charge is -2.46. The van der Waals surface area contributed by atoms with E-state index in [1.807, 2.05) is 6.92 Å². The second-order valence-electron chi connectivity index (χ2n) is 9.53. The van der Waals surface area contributed by atoms with Gasteiger partial charge in [-0.3, -0.25) is 30.4 Å². The first kappa shape index (κ1) is 22.9. The Labute approximate surface area is 185 Å². The number of piperidine rings is 2. The molecule has 176 valence electrons. The second-order valence-corrected chi connectivity index (χ2v) is 9.53. The van der Waals surface area contributed by atoms with Crippen LogP contribution in [0.5, 0.6) is 0 Å². The lowest BCUT2D eigenvalue weighted by molar-refractivity contribution is -0.150. The van der Waals surface area contributed by atoms with Gasteiger partial charge >= 0.3 is 5.97 Å². The maximum absolute atomic E-state index is 12.5. The van der Waals surface area contributed by atoms with E-state index in [2.05, 4.69) is 31.5 Å². The molecule has 3 heterocycles. The number of likely N-dealkylation sites (tertiary alicyclic amines) is 1. The van der Waals surface area contributed by atoms with Crippen LogP contribution >= 0.6 is 0 Å². The van der Waals surface area contributed by atoms with Gasteiger partial charge in [-0.25, -0.2) is 0 Å². The van der Waals surface area contributed by atoms with Gasteiger partial charge in [0.15, 0.2) is 0 Å². The molecule has 0 aromatic rings. The largest absolute Gasteiger partial charge is 0.466 e. The summed E-state index contributed by atoms with van der Waals surface area (Å²) in [5.74, 6) is 0.704. The van der Waals surface area contributed by atoms with Gasteiger partial charge in [-0.15, -0.1) is 0 Å². The summed E-state index contributed by atoms with van der Waals surface area (Å²) in [5, 5.41) is 17.4. The zero-order chi connectivity index (χ0) is 21.8. The minimum Gasteiger partial charge on any atom is -0.466 e.